The van der Waals surface area contributed by atoms with E-state index in [2.05, 4.69) is 18.3 Å². The summed E-state index contributed by atoms with van der Waals surface area (Å²) in [5, 5.41) is 3.54. The number of carbonyl (C=O) groups is 1. The Bertz CT molecular complexity index is 450. The molecule has 3 heteroatoms. The predicted octanol–water partition coefficient (Wildman–Crippen LogP) is 2.91. The zero-order valence-electron chi connectivity index (χ0n) is 12.9. The van der Waals surface area contributed by atoms with Gasteiger partial charge in [0.05, 0.1) is 0 Å². The number of hydrogen-bond donors (Lipinski definition) is 1. The van der Waals surface area contributed by atoms with Crippen molar-refractivity contribution in [2.75, 3.05) is 19.6 Å². The van der Waals surface area contributed by atoms with Gasteiger partial charge in [0.2, 0.25) is 0 Å². The number of nitrogens with zero attached hydrogens (tertiary/aromatic N) is 1. The summed E-state index contributed by atoms with van der Waals surface area (Å²) < 4.78 is 0. The van der Waals surface area contributed by atoms with Crippen molar-refractivity contribution in [3.63, 3.8) is 0 Å². The molecule has 1 fully saturated rings. The van der Waals surface area contributed by atoms with Crippen LogP contribution in [0.15, 0.2) is 18.2 Å². The third kappa shape index (κ3) is 3.83. The minimum Gasteiger partial charge on any atom is -0.337 e. The minimum atomic E-state index is 0.180. The van der Waals surface area contributed by atoms with Gasteiger partial charge in [0.15, 0.2) is 0 Å². The molecule has 1 unspecified atom stereocenters. The van der Waals surface area contributed by atoms with Crippen LogP contribution in [0.4, 0.5) is 0 Å². The van der Waals surface area contributed by atoms with Gasteiger partial charge in [-0.15, -0.1) is 0 Å². The van der Waals surface area contributed by atoms with Crippen LogP contribution in [0, 0.1) is 13.8 Å². The summed E-state index contributed by atoms with van der Waals surface area (Å²) in [7, 11) is 0. The molecule has 1 aliphatic rings. The summed E-state index contributed by atoms with van der Waals surface area (Å²) in [6, 6.07) is 6.56. The lowest BCUT2D eigenvalue weighted by Gasteiger charge is -2.33. The van der Waals surface area contributed by atoms with E-state index in [1.54, 1.807) is 0 Å². The van der Waals surface area contributed by atoms with Crippen molar-refractivity contribution in [3.05, 3.63) is 34.9 Å². The summed E-state index contributed by atoms with van der Waals surface area (Å²) >= 11 is 0. The maximum atomic E-state index is 12.6. The van der Waals surface area contributed by atoms with Crippen LogP contribution < -0.4 is 5.32 Å². The molecule has 1 heterocycles. The number of piperidine rings is 1. The number of benzene rings is 1. The van der Waals surface area contributed by atoms with E-state index >= 15 is 0 Å². The molecule has 1 amide bonds. The van der Waals surface area contributed by atoms with Crippen molar-refractivity contribution >= 4 is 5.91 Å². The molecule has 0 saturated carbocycles. The van der Waals surface area contributed by atoms with Crippen molar-refractivity contribution in [1.29, 1.82) is 0 Å². The number of hydrogen-bond acceptors (Lipinski definition) is 2. The Morgan fingerprint density at radius 3 is 2.65 bits per heavy atom. The van der Waals surface area contributed by atoms with Gasteiger partial charge < -0.3 is 10.2 Å². The van der Waals surface area contributed by atoms with Crippen LogP contribution in [0.25, 0.3) is 0 Å². The fraction of sp³-hybridized carbons (Fsp3) is 0.588. The molecule has 1 aromatic carbocycles. The second-order valence-corrected chi connectivity index (χ2v) is 5.92. The normalized spacial score (nSPS) is 19.1. The highest BCUT2D eigenvalue weighted by Gasteiger charge is 2.24. The highest BCUT2D eigenvalue weighted by atomic mass is 16.2. The first-order chi connectivity index (χ1) is 9.60. The Morgan fingerprint density at radius 1 is 1.30 bits per heavy atom. The lowest BCUT2D eigenvalue weighted by Crippen LogP contribution is -2.48. The SMILES string of the molecule is CCCNC1CCCN(C(=O)c2cc(C)cc(C)c2)C1. The van der Waals surface area contributed by atoms with Gasteiger partial charge in [-0.05, 0) is 51.8 Å². The van der Waals surface area contributed by atoms with Crippen LogP contribution in [-0.2, 0) is 0 Å². The highest BCUT2D eigenvalue weighted by molar-refractivity contribution is 5.94. The van der Waals surface area contributed by atoms with E-state index < -0.39 is 0 Å². The molecule has 0 aliphatic carbocycles. The number of rotatable bonds is 4. The fourth-order valence-corrected chi connectivity index (χ4v) is 2.96. The van der Waals surface area contributed by atoms with Gasteiger partial charge >= 0.3 is 0 Å². The smallest absolute Gasteiger partial charge is 0.253 e. The highest BCUT2D eigenvalue weighted by Crippen LogP contribution is 2.16. The second-order valence-electron chi connectivity index (χ2n) is 5.92. The number of nitrogens with one attached hydrogen (secondary N) is 1. The van der Waals surface area contributed by atoms with Crippen LogP contribution >= 0.6 is 0 Å². The van der Waals surface area contributed by atoms with Gasteiger partial charge in [-0.25, -0.2) is 0 Å². The summed E-state index contributed by atoms with van der Waals surface area (Å²) in [6.07, 6.45) is 3.41. The van der Waals surface area contributed by atoms with E-state index in [-0.39, 0.29) is 5.91 Å². The molecule has 0 spiro atoms. The first-order valence-corrected chi connectivity index (χ1v) is 7.71. The van der Waals surface area contributed by atoms with Crippen molar-refractivity contribution in [2.24, 2.45) is 0 Å². The van der Waals surface area contributed by atoms with Crippen LogP contribution in [0.2, 0.25) is 0 Å². The van der Waals surface area contributed by atoms with Crippen molar-refractivity contribution in [2.45, 2.75) is 46.1 Å². The molecular weight excluding hydrogens is 248 g/mol. The second kappa shape index (κ2) is 6.89. The first-order valence-electron chi connectivity index (χ1n) is 7.71. The average molecular weight is 274 g/mol. The van der Waals surface area contributed by atoms with Gasteiger partial charge in [0.1, 0.15) is 0 Å². The van der Waals surface area contributed by atoms with Gasteiger partial charge in [-0.3, -0.25) is 4.79 Å². The number of amides is 1. The van der Waals surface area contributed by atoms with Crippen LogP contribution in [0.5, 0.6) is 0 Å². The maximum Gasteiger partial charge on any atom is 0.253 e. The van der Waals surface area contributed by atoms with Crippen molar-refractivity contribution < 1.29 is 4.79 Å². The van der Waals surface area contributed by atoms with E-state index in [0.717, 1.165) is 49.2 Å². The van der Waals surface area contributed by atoms with Gasteiger partial charge in [0, 0.05) is 24.7 Å². The molecule has 110 valence electrons. The molecule has 0 bridgehead atoms. The minimum absolute atomic E-state index is 0.180. The lowest BCUT2D eigenvalue weighted by atomic mass is 10.0. The largest absolute Gasteiger partial charge is 0.337 e. The molecule has 20 heavy (non-hydrogen) atoms. The Kier molecular flexibility index (Phi) is 5.18. The van der Waals surface area contributed by atoms with Gasteiger partial charge in [0.25, 0.3) is 5.91 Å². The van der Waals surface area contributed by atoms with Gasteiger partial charge in [-0.2, -0.15) is 0 Å². The maximum absolute atomic E-state index is 12.6. The Labute approximate surface area is 122 Å². The monoisotopic (exact) mass is 274 g/mol. The quantitative estimate of drug-likeness (QED) is 0.915. The standard InChI is InChI=1S/C17H26N2O/c1-4-7-18-16-6-5-8-19(12-16)17(20)15-10-13(2)9-14(3)11-15/h9-11,16,18H,4-8,12H2,1-3H3. The predicted molar refractivity (Wildman–Crippen MR) is 83.1 cm³/mol. The molecule has 3 nitrogen and oxygen atoms in total. The zero-order chi connectivity index (χ0) is 14.5. The summed E-state index contributed by atoms with van der Waals surface area (Å²) in [6.45, 7) is 9.03. The van der Waals surface area contributed by atoms with Crippen LogP contribution in [0.1, 0.15) is 47.7 Å². The Hall–Kier alpha value is -1.35. The number of aryl methyl sites for hydroxylation is 2. The third-order valence-electron chi connectivity index (χ3n) is 3.86. The molecule has 1 atom stereocenters. The van der Waals surface area contributed by atoms with Gasteiger partial charge in [-0.1, -0.05) is 24.1 Å². The molecule has 1 N–H and O–H groups in total. The molecular formula is C17H26N2O. The number of likely N-dealkylation sites (tertiary alicyclic amines) is 1. The topological polar surface area (TPSA) is 32.3 Å². The first kappa shape index (κ1) is 15.0. The number of carbonyl (C=O) groups excluding carboxylic acids is 1. The Morgan fingerprint density at radius 2 is 2.00 bits per heavy atom. The molecule has 1 saturated heterocycles. The van der Waals surface area contributed by atoms with Crippen molar-refractivity contribution in [1.82, 2.24) is 10.2 Å². The average Bonchev–Trinajstić information content (AvgIpc) is 2.43. The van der Waals surface area contributed by atoms with E-state index in [9.17, 15) is 4.79 Å². The van der Waals surface area contributed by atoms with E-state index in [1.165, 1.54) is 6.42 Å². The lowest BCUT2D eigenvalue weighted by molar-refractivity contribution is 0.0695. The van der Waals surface area contributed by atoms with E-state index in [0.29, 0.717) is 6.04 Å². The molecule has 2 rings (SSSR count). The Balaban J connectivity index is 2.04. The molecule has 0 aromatic heterocycles. The van der Waals surface area contributed by atoms with Crippen LogP contribution in [0.3, 0.4) is 0 Å². The fourth-order valence-electron chi connectivity index (χ4n) is 2.96. The van der Waals surface area contributed by atoms with E-state index in [4.69, 9.17) is 0 Å². The molecule has 0 radical (unpaired) electrons. The summed E-state index contributed by atoms with van der Waals surface area (Å²) in [5.41, 5.74) is 3.15. The van der Waals surface area contributed by atoms with Crippen molar-refractivity contribution in [3.8, 4) is 0 Å². The van der Waals surface area contributed by atoms with Crippen LogP contribution in [-0.4, -0.2) is 36.5 Å². The summed E-state index contributed by atoms with van der Waals surface area (Å²) in [5.74, 6) is 0.180. The zero-order valence-corrected chi connectivity index (χ0v) is 12.9. The molecule has 1 aromatic rings. The third-order valence-corrected chi connectivity index (χ3v) is 3.86. The summed E-state index contributed by atoms with van der Waals surface area (Å²) in [4.78, 5) is 14.6. The van der Waals surface area contributed by atoms with E-state index in [1.807, 2.05) is 30.9 Å². The molecule has 1 aliphatic heterocycles.